The first-order valence-corrected chi connectivity index (χ1v) is 14.7. The van der Waals surface area contributed by atoms with E-state index in [1.807, 2.05) is 17.5 Å². The van der Waals surface area contributed by atoms with E-state index in [1.54, 1.807) is 47.7 Å². The zero-order valence-corrected chi connectivity index (χ0v) is 25.7. The Hall–Kier alpha value is -1.99. The van der Waals surface area contributed by atoms with Crippen molar-refractivity contribution in [3.63, 3.8) is 0 Å². The molecule has 0 bridgehead atoms. The number of carbonyl (C=O) groups excluding carboxylic acids is 3. The molecule has 0 atom stereocenters. The highest BCUT2D eigenvalue weighted by Crippen LogP contribution is 2.25. The molecule has 2 aromatic carbocycles. The maximum absolute atomic E-state index is 11.4. The normalized spacial score (nSPS) is 9.58. The van der Waals surface area contributed by atoms with Crippen molar-refractivity contribution in [2.75, 3.05) is 24.9 Å². The van der Waals surface area contributed by atoms with Crippen LogP contribution in [0.2, 0.25) is 0 Å². The SMILES string of the molecule is COC(=O)c1cccc(-c2nc(CBr)cs2)c1.COC(=O)c1cccc(C(N)=S)c1.O=C(CBr)CBr. The summed E-state index contributed by atoms with van der Waals surface area (Å²) in [4.78, 5) is 37.3. The molecule has 0 amide bonds. The zero-order valence-electron chi connectivity index (χ0n) is 19.3. The van der Waals surface area contributed by atoms with E-state index in [9.17, 15) is 14.4 Å². The molecule has 3 aromatic rings. The van der Waals surface area contributed by atoms with E-state index in [2.05, 4.69) is 57.5 Å². The zero-order chi connectivity index (χ0) is 27.1. The predicted octanol–water partition coefficient (Wildman–Crippen LogP) is 5.94. The van der Waals surface area contributed by atoms with Crippen molar-refractivity contribution in [1.82, 2.24) is 4.98 Å². The number of methoxy groups -OCH3 is 2. The molecule has 0 saturated carbocycles. The lowest BCUT2D eigenvalue weighted by Gasteiger charge is -2.01. The summed E-state index contributed by atoms with van der Waals surface area (Å²) in [5.41, 5.74) is 8.99. The quantitative estimate of drug-likeness (QED) is 0.181. The molecule has 0 aliphatic rings. The molecule has 1 aromatic heterocycles. The van der Waals surface area contributed by atoms with Crippen molar-refractivity contribution in [1.29, 1.82) is 0 Å². The number of ketones is 1. The maximum atomic E-state index is 11.4. The third-order valence-corrected chi connectivity index (χ3v) is 7.09. The number of Topliss-reactive ketones (excluding diaryl/α,β-unsaturated/α-hetero) is 1. The van der Waals surface area contributed by atoms with Crippen molar-refractivity contribution < 1.29 is 23.9 Å². The summed E-state index contributed by atoms with van der Waals surface area (Å²) in [5.74, 6) is -0.544. The summed E-state index contributed by atoms with van der Waals surface area (Å²) >= 11 is 15.7. The summed E-state index contributed by atoms with van der Waals surface area (Å²) in [7, 11) is 2.71. The van der Waals surface area contributed by atoms with Gasteiger partial charge in [0.2, 0.25) is 0 Å². The van der Waals surface area contributed by atoms with Crippen molar-refractivity contribution in [3.05, 3.63) is 76.3 Å². The molecule has 0 fully saturated rings. The van der Waals surface area contributed by atoms with Crippen LogP contribution >= 0.6 is 71.3 Å². The van der Waals surface area contributed by atoms with Gasteiger partial charge in [-0.3, -0.25) is 4.79 Å². The third kappa shape index (κ3) is 11.0. The number of aromatic nitrogens is 1. The molecule has 7 nitrogen and oxygen atoms in total. The number of benzene rings is 2. The van der Waals surface area contributed by atoms with Crippen LogP contribution in [0.1, 0.15) is 32.0 Å². The highest BCUT2D eigenvalue weighted by Gasteiger charge is 2.09. The Morgan fingerprint density at radius 1 is 0.917 bits per heavy atom. The van der Waals surface area contributed by atoms with Gasteiger partial charge in [0, 0.05) is 21.8 Å². The van der Waals surface area contributed by atoms with Gasteiger partial charge in [0.1, 0.15) is 10.00 Å². The van der Waals surface area contributed by atoms with Crippen LogP contribution in [0.5, 0.6) is 0 Å². The van der Waals surface area contributed by atoms with Gasteiger partial charge >= 0.3 is 11.9 Å². The van der Waals surface area contributed by atoms with E-state index < -0.39 is 5.97 Å². The van der Waals surface area contributed by atoms with E-state index in [0.29, 0.717) is 27.4 Å². The molecule has 0 unspecified atom stereocenters. The van der Waals surface area contributed by atoms with Crippen molar-refractivity contribution in [3.8, 4) is 10.6 Å². The van der Waals surface area contributed by atoms with Crippen LogP contribution in [-0.2, 0) is 19.6 Å². The number of hydrogen-bond donors (Lipinski definition) is 1. The van der Waals surface area contributed by atoms with Crippen molar-refractivity contribution in [2.24, 2.45) is 5.73 Å². The number of thiocarbonyl (C=S) groups is 1. The highest BCUT2D eigenvalue weighted by molar-refractivity contribution is 9.10. The summed E-state index contributed by atoms with van der Waals surface area (Å²) in [6.07, 6.45) is 0. The first-order valence-electron chi connectivity index (χ1n) is 10.0. The predicted molar refractivity (Wildman–Crippen MR) is 158 cm³/mol. The van der Waals surface area contributed by atoms with E-state index in [1.165, 1.54) is 14.2 Å². The van der Waals surface area contributed by atoms with Crippen molar-refractivity contribution in [2.45, 2.75) is 5.33 Å². The van der Waals surface area contributed by atoms with Gasteiger partial charge in [-0.15, -0.1) is 11.3 Å². The van der Waals surface area contributed by atoms with Crippen LogP contribution in [0.3, 0.4) is 0 Å². The summed E-state index contributed by atoms with van der Waals surface area (Å²) < 4.78 is 9.24. The second-order valence-electron chi connectivity index (χ2n) is 6.59. The van der Waals surface area contributed by atoms with Gasteiger partial charge in [-0.05, 0) is 24.3 Å². The largest absolute Gasteiger partial charge is 0.465 e. The molecule has 3 rings (SSSR count). The standard InChI is InChI=1S/C12H10BrNO2S.C9H9NO2S.C3H4Br2O/c1-16-12(15)9-4-2-3-8(5-9)11-14-10(6-13)7-17-11;1-12-9(11)7-4-2-3-6(5-7)8(10)13;4-1-3(6)2-5/h2-5,7H,6H2,1H3;2-5H,1H3,(H2,10,13);1-2H2. The smallest absolute Gasteiger partial charge is 0.337 e. The molecule has 2 N–H and O–H groups in total. The second-order valence-corrected chi connectivity index (χ2v) is 9.57. The Labute approximate surface area is 244 Å². The van der Waals surface area contributed by atoms with Crippen molar-refractivity contribution >= 4 is 94.1 Å². The van der Waals surface area contributed by atoms with Gasteiger partial charge in [-0.25, -0.2) is 14.6 Å². The minimum atomic E-state index is -0.391. The molecule has 0 aliphatic heterocycles. The fraction of sp³-hybridized carbons (Fsp3) is 0.208. The maximum Gasteiger partial charge on any atom is 0.337 e. The average molecular weight is 723 g/mol. The van der Waals surface area contributed by atoms with Gasteiger partial charge < -0.3 is 15.2 Å². The lowest BCUT2D eigenvalue weighted by atomic mass is 10.1. The molecular weight excluding hydrogens is 700 g/mol. The van der Waals surface area contributed by atoms with E-state index >= 15 is 0 Å². The van der Waals surface area contributed by atoms with Crippen LogP contribution in [0.4, 0.5) is 0 Å². The average Bonchev–Trinajstić information content (AvgIpc) is 3.42. The summed E-state index contributed by atoms with van der Waals surface area (Å²) in [6.45, 7) is 0. The number of halogens is 3. The Morgan fingerprint density at radius 2 is 1.44 bits per heavy atom. The third-order valence-electron chi connectivity index (χ3n) is 4.09. The first kappa shape index (κ1) is 32.0. The number of alkyl halides is 3. The van der Waals surface area contributed by atoms with Gasteiger partial charge in [0.05, 0.1) is 41.7 Å². The lowest BCUT2D eigenvalue weighted by molar-refractivity contribution is -0.114. The van der Waals surface area contributed by atoms with Gasteiger partial charge in [-0.1, -0.05) is 84.3 Å². The van der Waals surface area contributed by atoms with Gasteiger partial charge in [-0.2, -0.15) is 0 Å². The molecule has 0 radical (unpaired) electrons. The number of esters is 2. The number of nitrogens with two attached hydrogens (primary N) is 1. The Kier molecular flexibility index (Phi) is 15.5. The number of nitrogens with zero attached hydrogens (tertiary/aromatic N) is 1. The lowest BCUT2D eigenvalue weighted by Crippen LogP contribution is -2.10. The van der Waals surface area contributed by atoms with Crippen LogP contribution in [0, 0.1) is 0 Å². The fourth-order valence-corrected chi connectivity index (χ4v) is 4.72. The van der Waals surface area contributed by atoms with Gasteiger partial charge in [0.25, 0.3) is 0 Å². The van der Waals surface area contributed by atoms with Gasteiger partial charge in [0.15, 0.2) is 5.78 Å². The van der Waals surface area contributed by atoms with Crippen LogP contribution < -0.4 is 5.73 Å². The second kappa shape index (κ2) is 17.5. The molecular formula is C24H23Br3N2O5S2. The van der Waals surface area contributed by atoms with E-state index in [0.717, 1.165) is 21.6 Å². The fourth-order valence-electron chi connectivity index (χ4n) is 2.35. The summed E-state index contributed by atoms with van der Waals surface area (Å²) in [5, 5.41) is 4.55. The molecule has 12 heteroatoms. The Bertz CT molecular complexity index is 1180. The Morgan fingerprint density at radius 3 is 1.89 bits per heavy atom. The molecule has 0 spiro atoms. The van der Waals surface area contributed by atoms with Crippen LogP contribution in [0.15, 0.2) is 53.9 Å². The molecule has 36 heavy (non-hydrogen) atoms. The van der Waals surface area contributed by atoms with Crippen LogP contribution in [0.25, 0.3) is 10.6 Å². The molecule has 0 aliphatic carbocycles. The number of ether oxygens (including phenoxy) is 2. The van der Waals surface area contributed by atoms with E-state index in [-0.39, 0.29) is 16.7 Å². The monoisotopic (exact) mass is 720 g/mol. The number of hydrogen-bond acceptors (Lipinski definition) is 8. The number of thiazole rings is 1. The molecule has 1 heterocycles. The molecule has 0 saturated heterocycles. The highest BCUT2D eigenvalue weighted by atomic mass is 79.9. The van der Waals surface area contributed by atoms with Crippen LogP contribution in [-0.4, -0.2) is 52.6 Å². The minimum Gasteiger partial charge on any atom is -0.465 e. The Balaban J connectivity index is 0.000000302. The number of carbonyl (C=O) groups is 3. The minimum absolute atomic E-state index is 0.176. The molecule has 192 valence electrons. The topological polar surface area (TPSA) is 109 Å². The number of rotatable bonds is 7. The van der Waals surface area contributed by atoms with E-state index in [4.69, 9.17) is 22.7 Å². The summed E-state index contributed by atoms with van der Waals surface area (Å²) in [6, 6.07) is 14.0. The first-order chi connectivity index (χ1) is 17.2.